The van der Waals surface area contributed by atoms with Crippen LogP contribution >= 0.6 is 0 Å². The molecule has 0 aromatic heterocycles. The van der Waals surface area contributed by atoms with E-state index >= 15 is 0 Å². The first-order chi connectivity index (χ1) is 9.81. The molecule has 1 aromatic rings. The van der Waals surface area contributed by atoms with Gasteiger partial charge in [-0.15, -0.1) is 0 Å². The first-order valence-electron chi connectivity index (χ1n) is 7.78. The summed E-state index contributed by atoms with van der Waals surface area (Å²) >= 11 is 0. The Bertz CT molecular complexity index is 478. The van der Waals surface area contributed by atoms with E-state index in [1.165, 1.54) is 11.1 Å². The van der Waals surface area contributed by atoms with Gasteiger partial charge in [0.05, 0.1) is 6.61 Å². The Morgan fingerprint density at radius 2 is 2.15 bits per heavy atom. The van der Waals surface area contributed by atoms with Crippen molar-refractivity contribution < 1.29 is 9.53 Å². The highest BCUT2D eigenvalue weighted by molar-refractivity contribution is 5.78. The molecule has 0 bridgehead atoms. The van der Waals surface area contributed by atoms with Crippen molar-refractivity contribution in [2.24, 2.45) is 5.92 Å². The van der Waals surface area contributed by atoms with Crippen LogP contribution in [0.15, 0.2) is 18.2 Å². The zero-order chi connectivity index (χ0) is 13.8. The predicted molar refractivity (Wildman–Crippen MR) is 79.2 cm³/mol. The number of nitrogens with one attached hydrogen (secondary N) is 1. The molecular weight excluding hydrogens is 250 g/mol. The second-order valence-electron chi connectivity index (χ2n) is 5.98. The van der Waals surface area contributed by atoms with Crippen LogP contribution in [0.3, 0.4) is 0 Å². The number of benzene rings is 1. The molecule has 0 saturated carbocycles. The molecule has 2 aliphatic heterocycles. The van der Waals surface area contributed by atoms with Gasteiger partial charge in [-0.1, -0.05) is 12.1 Å². The SMILES string of the molecule is O=C(CCc1ccc2c(c1)CCO2)CC1CCNCC1. The molecule has 0 radical (unpaired) electrons. The number of hydrogen-bond donors (Lipinski definition) is 1. The minimum atomic E-state index is 0.425. The number of ether oxygens (including phenoxy) is 1. The van der Waals surface area contributed by atoms with Gasteiger partial charge in [-0.3, -0.25) is 4.79 Å². The molecule has 3 nitrogen and oxygen atoms in total. The molecule has 1 N–H and O–H groups in total. The van der Waals surface area contributed by atoms with E-state index < -0.39 is 0 Å². The number of aryl methyl sites for hydroxylation is 1. The maximum atomic E-state index is 12.1. The molecule has 0 atom stereocenters. The number of carbonyl (C=O) groups excluding carboxylic acids is 1. The van der Waals surface area contributed by atoms with Crippen LogP contribution in [0.4, 0.5) is 0 Å². The van der Waals surface area contributed by atoms with Crippen molar-refractivity contribution in [1.82, 2.24) is 5.32 Å². The molecular formula is C17H23NO2. The lowest BCUT2D eigenvalue weighted by Crippen LogP contribution is -2.28. The Morgan fingerprint density at radius 1 is 1.30 bits per heavy atom. The number of carbonyl (C=O) groups is 1. The summed E-state index contributed by atoms with van der Waals surface area (Å²) in [4.78, 5) is 12.1. The van der Waals surface area contributed by atoms with Crippen molar-refractivity contribution in [1.29, 1.82) is 0 Å². The molecule has 2 aliphatic rings. The van der Waals surface area contributed by atoms with Crippen LogP contribution in [0.5, 0.6) is 5.75 Å². The van der Waals surface area contributed by atoms with Crippen molar-refractivity contribution in [3.63, 3.8) is 0 Å². The van der Waals surface area contributed by atoms with Gasteiger partial charge in [-0.2, -0.15) is 0 Å². The van der Waals surface area contributed by atoms with E-state index in [-0.39, 0.29) is 0 Å². The largest absolute Gasteiger partial charge is 0.493 e. The molecule has 0 unspecified atom stereocenters. The summed E-state index contributed by atoms with van der Waals surface area (Å²) < 4.78 is 5.51. The van der Waals surface area contributed by atoms with Gasteiger partial charge >= 0.3 is 0 Å². The highest BCUT2D eigenvalue weighted by atomic mass is 16.5. The zero-order valence-electron chi connectivity index (χ0n) is 12.0. The summed E-state index contributed by atoms with van der Waals surface area (Å²) in [6, 6.07) is 6.36. The fraction of sp³-hybridized carbons (Fsp3) is 0.588. The fourth-order valence-electron chi connectivity index (χ4n) is 3.19. The van der Waals surface area contributed by atoms with E-state index in [1.54, 1.807) is 0 Å². The first kappa shape index (κ1) is 13.6. The highest BCUT2D eigenvalue weighted by Crippen LogP contribution is 2.26. The lowest BCUT2D eigenvalue weighted by Gasteiger charge is -2.21. The van der Waals surface area contributed by atoms with Crippen molar-refractivity contribution in [3.05, 3.63) is 29.3 Å². The van der Waals surface area contributed by atoms with Gasteiger partial charge in [0.25, 0.3) is 0 Å². The summed E-state index contributed by atoms with van der Waals surface area (Å²) in [7, 11) is 0. The molecule has 0 spiro atoms. The van der Waals surface area contributed by atoms with E-state index in [2.05, 4.69) is 23.5 Å². The lowest BCUT2D eigenvalue weighted by atomic mass is 9.91. The molecule has 2 heterocycles. The number of fused-ring (bicyclic) bond motifs is 1. The second kappa shape index (κ2) is 6.40. The summed E-state index contributed by atoms with van der Waals surface area (Å²) in [5.74, 6) is 2.06. The summed E-state index contributed by atoms with van der Waals surface area (Å²) in [5.41, 5.74) is 2.57. The molecule has 1 aromatic carbocycles. The number of Topliss-reactive ketones (excluding diaryl/α,β-unsaturated/α-hetero) is 1. The standard InChI is InChI=1S/C17H23NO2/c19-16(12-14-5-8-18-9-6-14)3-1-13-2-4-17-15(11-13)7-10-20-17/h2,4,11,14,18H,1,3,5-10,12H2. The van der Waals surface area contributed by atoms with Gasteiger partial charge in [0.2, 0.25) is 0 Å². The maximum Gasteiger partial charge on any atom is 0.133 e. The van der Waals surface area contributed by atoms with Crippen molar-refractivity contribution in [2.45, 2.75) is 38.5 Å². The zero-order valence-corrected chi connectivity index (χ0v) is 12.0. The fourth-order valence-corrected chi connectivity index (χ4v) is 3.19. The minimum absolute atomic E-state index is 0.425. The molecule has 0 aliphatic carbocycles. The molecule has 108 valence electrons. The number of ketones is 1. The van der Waals surface area contributed by atoms with Crippen LogP contribution in [-0.2, 0) is 17.6 Å². The van der Waals surface area contributed by atoms with E-state index in [9.17, 15) is 4.79 Å². The Kier molecular flexibility index (Phi) is 4.36. The third kappa shape index (κ3) is 3.40. The Hall–Kier alpha value is -1.35. The van der Waals surface area contributed by atoms with E-state index in [0.29, 0.717) is 18.1 Å². The lowest BCUT2D eigenvalue weighted by molar-refractivity contribution is -0.120. The average Bonchev–Trinajstić information content (AvgIpc) is 2.93. The van der Waals surface area contributed by atoms with E-state index in [4.69, 9.17) is 4.74 Å². The van der Waals surface area contributed by atoms with Gasteiger partial charge in [-0.05, 0) is 55.5 Å². The summed E-state index contributed by atoms with van der Waals surface area (Å²) in [6.07, 6.45) is 5.65. The summed E-state index contributed by atoms with van der Waals surface area (Å²) in [5, 5.41) is 3.35. The van der Waals surface area contributed by atoms with Crippen LogP contribution in [0.2, 0.25) is 0 Å². The molecule has 1 fully saturated rings. The van der Waals surface area contributed by atoms with Gasteiger partial charge in [0, 0.05) is 19.3 Å². The minimum Gasteiger partial charge on any atom is -0.493 e. The van der Waals surface area contributed by atoms with Gasteiger partial charge < -0.3 is 10.1 Å². The first-order valence-corrected chi connectivity index (χ1v) is 7.78. The van der Waals surface area contributed by atoms with Crippen molar-refractivity contribution >= 4 is 5.78 Å². The van der Waals surface area contributed by atoms with Crippen LogP contribution in [0.1, 0.15) is 36.8 Å². The number of rotatable bonds is 5. The van der Waals surface area contributed by atoms with Gasteiger partial charge in [0.15, 0.2) is 0 Å². The topological polar surface area (TPSA) is 38.3 Å². The Morgan fingerprint density at radius 3 is 3.00 bits per heavy atom. The quantitative estimate of drug-likeness (QED) is 0.896. The molecule has 0 amide bonds. The average molecular weight is 273 g/mol. The van der Waals surface area contributed by atoms with Crippen LogP contribution in [-0.4, -0.2) is 25.5 Å². The van der Waals surface area contributed by atoms with E-state index in [0.717, 1.165) is 57.6 Å². The number of piperidine rings is 1. The Labute approximate surface area is 120 Å². The van der Waals surface area contributed by atoms with Gasteiger partial charge in [-0.25, -0.2) is 0 Å². The third-order valence-electron chi connectivity index (χ3n) is 4.42. The smallest absolute Gasteiger partial charge is 0.133 e. The maximum absolute atomic E-state index is 12.1. The van der Waals surface area contributed by atoms with Crippen molar-refractivity contribution in [2.75, 3.05) is 19.7 Å². The van der Waals surface area contributed by atoms with E-state index in [1.807, 2.05) is 0 Å². The molecule has 3 rings (SSSR count). The number of hydrogen-bond acceptors (Lipinski definition) is 3. The van der Waals surface area contributed by atoms with Crippen molar-refractivity contribution in [3.8, 4) is 5.75 Å². The molecule has 20 heavy (non-hydrogen) atoms. The monoisotopic (exact) mass is 273 g/mol. The predicted octanol–water partition coefficient (Wildman–Crippen LogP) is 2.51. The Balaban J connectivity index is 1.47. The highest BCUT2D eigenvalue weighted by Gasteiger charge is 2.17. The van der Waals surface area contributed by atoms with Crippen LogP contribution in [0, 0.1) is 5.92 Å². The summed E-state index contributed by atoms with van der Waals surface area (Å²) in [6.45, 7) is 2.94. The molecule has 3 heteroatoms. The van der Waals surface area contributed by atoms with Crippen LogP contribution < -0.4 is 10.1 Å². The second-order valence-corrected chi connectivity index (χ2v) is 5.98. The van der Waals surface area contributed by atoms with Crippen LogP contribution in [0.25, 0.3) is 0 Å². The molecule has 1 saturated heterocycles. The normalized spacial score (nSPS) is 18.6. The third-order valence-corrected chi connectivity index (χ3v) is 4.42. The van der Waals surface area contributed by atoms with Gasteiger partial charge in [0.1, 0.15) is 11.5 Å².